The van der Waals surface area contributed by atoms with E-state index >= 15 is 0 Å². The first-order valence-corrected chi connectivity index (χ1v) is 9.92. The van der Waals surface area contributed by atoms with Crippen molar-refractivity contribution in [3.8, 4) is 11.4 Å². The molecule has 26 heavy (non-hydrogen) atoms. The van der Waals surface area contributed by atoms with Gasteiger partial charge in [-0.1, -0.05) is 18.9 Å². The summed E-state index contributed by atoms with van der Waals surface area (Å²) in [6.07, 6.45) is 6.61. The fourth-order valence-electron chi connectivity index (χ4n) is 3.47. The zero-order chi connectivity index (χ0) is 17.9. The summed E-state index contributed by atoms with van der Waals surface area (Å²) >= 11 is 1.47. The van der Waals surface area contributed by atoms with Gasteiger partial charge in [0.2, 0.25) is 0 Å². The molecule has 1 aliphatic carbocycles. The van der Waals surface area contributed by atoms with Gasteiger partial charge in [0, 0.05) is 6.20 Å². The van der Waals surface area contributed by atoms with Crippen LogP contribution in [0.1, 0.15) is 52.7 Å². The molecule has 0 aromatic carbocycles. The highest BCUT2D eigenvalue weighted by Gasteiger charge is 2.22. The van der Waals surface area contributed by atoms with Crippen LogP contribution in [-0.2, 0) is 6.54 Å². The molecule has 3 heterocycles. The number of nitrogens with zero attached hydrogens (tertiary/aromatic N) is 3. The van der Waals surface area contributed by atoms with Gasteiger partial charge in [0.25, 0.3) is 5.91 Å². The first kappa shape index (κ1) is 17.0. The number of carbonyl (C=O) groups is 1. The summed E-state index contributed by atoms with van der Waals surface area (Å²) in [5.74, 6) is -0.0436. The lowest BCUT2D eigenvalue weighted by Gasteiger charge is -2.13. The molecule has 1 aliphatic rings. The van der Waals surface area contributed by atoms with Crippen molar-refractivity contribution in [2.75, 3.05) is 0 Å². The fourth-order valence-corrected chi connectivity index (χ4v) is 4.29. The largest absolute Gasteiger partial charge is 0.346 e. The molecule has 0 aliphatic heterocycles. The number of aromatic nitrogens is 3. The van der Waals surface area contributed by atoms with Crippen molar-refractivity contribution in [3.63, 3.8) is 0 Å². The summed E-state index contributed by atoms with van der Waals surface area (Å²) in [5, 5.41) is 9.78. The maximum absolute atomic E-state index is 12.3. The lowest BCUT2D eigenvalue weighted by Crippen LogP contribution is -2.22. The quantitative estimate of drug-likeness (QED) is 0.730. The Labute approximate surface area is 157 Å². The van der Waals surface area contributed by atoms with E-state index in [2.05, 4.69) is 21.0 Å². The summed E-state index contributed by atoms with van der Waals surface area (Å²) in [6, 6.07) is 10.3. The molecule has 1 fully saturated rings. The predicted molar refractivity (Wildman–Crippen MR) is 103 cm³/mol. The lowest BCUT2D eigenvalue weighted by atomic mass is 10.2. The highest BCUT2D eigenvalue weighted by atomic mass is 32.1. The third-order valence-electron chi connectivity index (χ3n) is 4.77. The van der Waals surface area contributed by atoms with Gasteiger partial charge in [0.05, 0.1) is 34.5 Å². The Hall–Kier alpha value is -2.47. The van der Waals surface area contributed by atoms with Crippen LogP contribution in [0.2, 0.25) is 0 Å². The van der Waals surface area contributed by atoms with Crippen LogP contribution in [0.4, 0.5) is 0 Å². The number of thiophene rings is 1. The van der Waals surface area contributed by atoms with Gasteiger partial charge in [0.15, 0.2) is 0 Å². The Kier molecular flexibility index (Phi) is 4.84. The van der Waals surface area contributed by atoms with Gasteiger partial charge in [-0.25, -0.2) is 0 Å². The van der Waals surface area contributed by atoms with E-state index < -0.39 is 0 Å². The van der Waals surface area contributed by atoms with E-state index in [0.717, 1.165) is 40.4 Å². The van der Waals surface area contributed by atoms with Crippen LogP contribution in [0, 0.1) is 6.92 Å². The van der Waals surface area contributed by atoms with Gasteiger partial charge in [-0.15, -0.1) is 11.3 Å². The molecule has 0 spiro atoms. The first-order valence-electron chi connectivity index (χ1n) is 9.04. The van der Waals surface area contributed by atoms with Crippen molar-refractivity contribution in [2.45, 2.75) is 45.2 Å². The molecule has 1 amide bonds. The molecule has 1 N–H and O–H groups in total. The molecule has 6 heteroatoms. The Morgan fingerprint density at radius 2 is 2.15 bits per heavy atom. The molecule has 0 radical (unpaired) electrons. The highest BCUT2D eigenvalue weighted by molar-refractivity contribution is 7.12. The predicted octanol–water partition coefficient (Wildman–Crippen LogP) is 4.36. The monoisotopic (exact) mass is 366 g/mol. The van der Waals surface area contributed by atoms with Crippen LogP contribution < -0.4 is 5.32 Å². The molecule has 0 atom stereocenters. The third-order valence-corrected chi connectivity index (χ3v) is 5.82. The molecule has 0 saturated heterocycles. The van der Waals surface area contributed by atoms with E-state index in [0.29, 0.717) is 12.6 Å². The summed E-state index contributed by atoms with van der Waals surface area (Å²) in [6.45, 7) is 2.42. The number of rotatable bonds is 5. The second-order valence-electron chi connectivity index (χ2n) is 6.79. The van der Waals surface area contributed by atoms with Crippen LogP contribution in [-0.4, -0.2) is 20.7 Å². The van der Waals surface area contributed by atoms with E-state index in [4.69, 9.17) is 5.10 Å². The van der Waals surface area contributed by atoms with Crippen molar-refractivity contribution >= 4 is 17.2 Å². The molecule has 0 bridgehead atoms. The van der Waals surface area contributed by atoms with Gasteiger partial charge in [-0.3, -0.25) is 14.5 Å². The Balaban J connectivity index is 1.55. The molecule has 3 aromatic heterocycles. The topological polar surface area (TPSA) is 59.8 Å². The number of amides is 1. The van der Waals surface area contributed by atoms with Gasteiger partial charge in [-0.05, 0) is 55.0 Å². The van der Waals surface area contributed by atoms with Gasteiger partial charge in [-0.2, -0.15) is 5.10 Å². The highest BCUT2D eigenvalue weighted by Crippen LogP contribution is 2.33. The van der Waals surface area contributed by atoms with Crippen molar-refractivity contribution in [2.24, 2.45) is 0 Å². The number of pyridine rings is 1. The van der Waals surface area contributed by atoms with Crippen molar-refractivity contribution in [1.82, 2.24) is 20.1 Å². The lowest BCUT2D eigenvalue weighted by molar-refractivity contribution is 0.0954. The fraction of sp³-hybridized carbons (Fsp3) is 0.350. The number of hydrogen-bond donors (Lipinski definition) is 1. The molecular formula is C20H22N4OS. The maximum Gasteiger partial charge on any atom is 0.261 e. The minimum absolute atomic E-state index is 0.0436. The summed E-state index contributed by atoms with van der Waals surface area (Å²) in [7, 11) is 0. The van der Waals surface area contributed by atoms with Crippen LogP contribution in [0.5, 0.6) is 0 Å². The smallest absolute Gasteiger partial charge is 0.261 e. The number of carbonyl (C=O) groups excluding carboxylic acids is 1. The maximum atomic E-state index is 12.3. The van der Waals surface area contributed by atoms with E-state index in [1.54, 1.807) is 0 Å². The summed E-state index contributed by atoms with van der Waals surface area (Å²) in [5.41, 5.74) is 3.95. The zero-order valence-electron chi connectivity index (χ0n) is 14.8. The van der Waals surface area contributed by atoms with E-state index in [1.807, 2.05) is 42.8 Å². The molecular weight excluding hydrogens is 344 g/mol. The van der Waals surface area contributed by atoms with Crippen molar-refractivity contribution in [1.29, 1.82) is 0 Å². The minimum Gasteiger partial charge on any atom is -0.346 e. The van der Waals surface area contributed by atoms with Crippen LogP contribution in [0.15, 0.2) is 41.9 Å². The number of nitrogens with one attached hydrogen (secondary N) is 1. The molecule has 134 valence electrons. The normalized spacial score (nSPS) is 14.7. The third kappa shape index (κ3) is 3.55. The average molecular weight is 366 g/mol. The van der Waals surface area contributed by atoms with Gasteiger partial charge in [0.1, 0.15) is 0 Å². The van der Waals surface area contributed by atoms with E-state index in [-0.39, 0.29) is 5.91 Å². The summed E-state index contributed by atoms with van der Waals surface area (Å²) in [4.78, 5) is 17.5. The van der Waals surface area contributed by atoms with E-state index in [9.17, 15) is 4.79 Å². The molecule has 1 saturated carbocycles. The van der Waals surface area contributed by atoms with E-state index in [1.165, 1.54) is 24.2 Å². The van der Waals surface area contributed by atoms with Crippen molar-refractivity contribution < 1.29 is 4.79 Å². The van der Waals surface area contributed by atoms with Crippen LogP contribution in [0.3, 0.4) is 0 Å². The van der Waals surface area contributed by atoms with Gasteiger partial charge >= 0.3 is 0 Å². The first-order chi connectivity index (χ1) is 12.7. The second-order valence-corrected chi connectivity index (χ2v) is 7.70. The van der Waals surface area contributed by atoms with Crippen LogP contribution in [0.25, 0.3) is 11.4 Å². The molecule has 5 nitrogen and oxygen atoms in total. The SMILES string of the molecule is Cc1csc(C(=O)NCc2cc(-c3ccccn3)n(C3CCCC3)n2)c1. The Bertz CT molecular complexity index is 894. The van der Waals surface area contributed by atoms with Crippen molar-refractivity contribution in [3.05, 3.63) is 58.0 Å². The minimum atomic E-state index is -0.0436. The molecule has 4 rings (SSSR count). The average Bonchev–Trinajstić information content (AvgIpc) is 3.40. The Morgan fingerprint density at radius 3 is 2.85 bits per heavy atom. The standard InChI is InChI=1S/C20H22N4OS/c1-14-10-19(26-13-14)20(25)22-12-15-11-18(17-8-4-5-9-21-17)24(23-15)16-6-2-3-7-16/h4-5,8-11,13,16H,2-3,6-7,12H2,1H3,(H,22,25). The van der Waals surface area contributed by atoms with Crippen LogP contribution >= 0.6 is 11.3 Å². The Morgan fingerprint density at radius 1 is 1.31 bits per heavy atom. The zero-order valence-corrected chi connectivity index (χ0v) is 15.6. The van der Waals surface area contributed by atoms with Gasteiger partial charge < -0.3 is 5.32 Å². The number of aryl methyl sites for hydroxylation is 1. The molecule has 3 aromatic rings. The second kappa shape index (κ2) is 7.41. The summed E-state index contributed by atoms with van der Waals surface area (Å²) < 4.78 is 2.12. The molecule has 0 unspecified atom stereocenters. The number of hydrogen-bond acceptors (Lipinski definition) is 4.